The summed E-state index contributed by atoms with van der Waals surface area (Å²) in [4.78, 5) is 12.3. The first kappa shape index (κ1) is 23.1. The predicted molar refractivity (Wildman–Crippen MR) is 139 cm³/mol. The number of methoxy groups -OCH3 is 1. The molecule has 34 heavy (non-hydrogen) atoms. The van der Waals surface area contributed by atoms with E-state index in [2.05, 4.69) is 62.5 Å². The van der Waals surface area contributed by atoms with Crippen molar-refractivity contribution < 1.29 is 9.47 Å². The molecule has 7 heteroatoms. The van der Waals surface area contributed by atoms with Gasteiger partial charge in [0.05, 0.1) is 26.0 Å². The molecule has 0 unspecified atom stereocenters. The number of thiazole rings is 1. The average Bonchev–Trinajstić information content (AvgIpc) is 3.58. The second-order valence-electron chi connectivity index (χ2n) is 9.08. The molecule has 0 saturated carbocycles. The largest absolute Gasteiger partial charge is 0.497 e. The van der Waals surface area contributed by atoms with Crippen LogP contribution in [0.25, 0.3) is 0 Å². The number of rotatable bonds is 9. The van der Waals surface area contributed by atoms with E-state index < -0.39 is 0 Å². The van der Waals surface area contributed by atoms with Crippen molar-refractivity contribution in [3.63, 3.8) is 0 Å². The second-order valence-corrected chi connectivity index (χ2v) is 9.91. The Morgan fingerprint density at radius 3 is 2.50 bits per heavy atom. The molecule has 5 rings (SSSR count). The first-order chi connectivity index (χ1) is 16.8. The van der Waals surface area contributed by atoms with Gasteiger partial charge >= 0.3 is 0 Å². The van der Waals surface area contributed by atoms with Gasteiger partial charge < -0.3 is 19.3 Å². The fourth-order valence-corrected chi connectivity index (χ4v) is 5.51. The molecule has 2 aliphatic rings. The number of hydrogen-bond donors (Lipinski definition) is 0. The van der Waals surface area contributed by atoms with E-state index in [1.54, 1.807) is 18.4 Å². The van der Waals surface area contributed by atoms with Crippen LogP contribution in [0.15, 0.2) is 53.9 Å². The van der Waals surface area contributed by atoms with E-state index in [1.807, 2.05) is 6.07 Å². The lowest BCUT2D eigenvalue weighted by molar-refractivity contribution is 0.0337. The predicted octanol–water partition coefficient (Wildman–Crippen LogP) is 4.79. The molecule has 0 amide bonds. The summed E-state index contributed by atoms with van der Waals surface area (Å²) < 4.78 is 11.0. The molecule has 180 valence electrons. The van der Waals surface area contributed by atoms with Crippen LogP contribution in [0.5, 0.6) is 5.75 Å². The molecule has 1 aromatic heterocycles. The summed E-state index contributed by atoms with van der Waals surface area (Å²) in [6.45, 7) is 8.42. The minimum atomic E-state index is 0.787. The lowest BCUT2D eigenvalue weighted by atomic mass is 10.1. The van der Waals surface area contributed by atoms with Crippen LogP contribution in [-0.2, 0) is 24.4 Å². The van der Waals surface area contributed by atoms with E-state index in [0.29, 0.717) is 0 Å². The smallest absolute Gasteiger partial charge is 0.186 e. The molecule has 0 atom stereocenters. The Bertz CT molecular complexity index is 1040. The zero-order valence-corrected chi connectivity index (χ0v) is 20.8. The van der Waals surface area contributed by atoms with Crippen LogP contribution < -0.4 is 14.5 Å². The summed E-state index contributed by atoms with van der Waals surface area (Å²) in [5.74, 6) is 0.888. The highest BCUT2D eigenvalue weighted by Gasteiger charge is 2.17. The number of anilines is 2. The van der Waals surface area contributed by atoms with E-state index in [9.17, 15) is 0 Å². The van der Waals surface area contributed by atoms with E-state index >= 15 is 0 Å². The summed E-state index contributed by atoms with van der Waals surface area (Å²) >= 11 is 1.74. The molecule has 0 bridgehead atoms. The van der Waals surface area contributed by atoms with Gasteiger partial charge in [0.2, 0.25) is 0 Å². The van der Waals surface area contributed by atoms with Gasteiger partial charge in [-0.05, 0) is 48.2 Å². The van der Waals surface area contributed by atoms with Gasteiger partial charge in [0.25, 0.3) is 0 Å². The fraction of sp³-hybridized carbons (Fsp3) is 0.444. The molecule has 3 heterocycles. The highest BCUT2D eigenvalue weighted by Crippen LogP contribution is 2.27. The number of nitrogens with zero attached hydrogens (tertiary/aromatic N) is 4. The fourth-order valence-electron chi connectivity index (χ4n) is 4.69. The number of morpholine rings is 1. The van der Waals surface area contributed by atoms with Crippen LogP contribution in [0.1, 0.15) is 29.7 Å². The number of hydrogen-bond acceptors (Lipinski definition) is 7. The Labute approximate surface area is 206 Å². The minimum Gasteiger partial charge on any atom is -0.497 e. The van der Waals surface area contributed by atoms with Gasteiger partial charge in [0.1, 0.15) is 5.75 Å². The number of ether oxygens (including phenoxy) is 2. The van der Waals surface area contributed by atoms with Crippen LogP contribution in [0, 0.1) is 0 Å². The van der Waals surface area contributed by atoms with Crippen LogP contribution in [0.2, 0.25) is 0 Å². The van der Waals surface area contributed by atoms with Crippen molar-refractivity contribution in [2.24, 2.45) is 0 Å². The van der Waals surface area contributed by atoms with Gasteiger partial charge in [-0.2, -0.15) is 0 Å². The SMILES string of the molecule is COc1cccc(CN(Cc2ccc(N3CCCC3)cc2)c2nc(CN3CCOCC3)cs2)c1. The van der Waals surface area contributed by atoms with Gasteiger partial charge in [-0.3, -0.25) is 4.90 Å². The Balaban J connectivity index is 1.33. The zero-order chi connectivity index (χ0) is 23.2. The highest BCUT2D eigenvalue weighted by molar-refractivity contribution is 7.13. The summed E-state index contributed by atoms with van der Waals surface area (Å²) in [7, 11) is 1.72. The first-order valence-corrected chi connectivity index (χ1v) is 13.1. The average molecular weight is 479 g/mol. The van der Waals surface area contributed by atoms with Crippen molar-refractivity contribution in [1.29, 1.82) is 0 Å². The van der Waals surface area contributed by atoms with E-state index in [1.165, 1.54) is 42.7 Å². The maximum absolute atomic E-state index is 5.49. The Kier molecular flexibility index (Phi) is 7.63. The summed E-state index contributed by atoms with van der Waals surface area (Å²) in [5.41, 5.74) is 5.00. The van der Waals surface area contributed by atoms with Gasteiger partial charge in [-0.1, -0.05) is 24.3 Å². The van der Waals surface area contributed by atoms with E-state index in [0.717, 1.165) is 62.5 Å². The van der Waals surface area contributed by atoms with E-state index in [-0.39, 0.29) is 0 Å². The van der Waals surface area contributed by atoms with Gasteiger partial charge in [0.15, 0.2) is 5.13 Å². The van der Waals surface area contributed by atoms with Gasteiger partial charge in [-0.25, -0.2) is 4.98 Å². The molecule has 2 aliphatic heterocycles. The van der Waals surface area contributed by atoms with Crippen molar-refractivity contribution in [2.75, 3.05) is 56.3 Å². The quantitative estimate of drug-likeness (QED) is 0.440. The molecule has 3 aromatic rings. The number of aromatic nitrogens is 1. The second kappa shape index (κ2) is 11.2. The third kappa shape index (κ3) is 5.90. The van der Waals surface area contributed by atoms with Gasteiger partial charge in [0, 0.05) is 56.9 Å². The topological polar surface area (TPSA) is 41.1 Å². The van der Waals surface area contributed by atoms with Crippen LogP contribution in [-0.4, -0.2) is 56.4 Å². The third-order valence-electron chi connectivity index (χ3n) is 6.59. The Morgan fingerprint density at radius 1 is 0.971 bits per heavy atom. The van der Waals surface area contributed by atoms with Crippen molar-refractivity contribution in [2.45, 2.75) is 32.5 Å². The molecule has 0 radical (unpaired) electrons. The van der Waals surface area contributed by atoms with Crippen molar-refractivity contribution in [1.82, 2.24) is 9.88 Å². The minimum absolute atomic E-state index is 0.787. The molecule has 0 aliphatic carbocycles. The standard InChI is InChI=1S/C27H34N4O2S/c1-32-26-6-4-5-23(17-26)19-31(18-22-7-9-25(10-8-22)30-11-2-3-12-30)27-28-24(21-34-27)20-29-13-15-33-16-14-29/h4-10,17,21H,2-3,11-16,18-20H2,1H3. The van der Waals surface area contributed by atoms with Crippen LogP contribution >= 0.6 is 11.3 Å². The van der Waals surface area contributed by atoms with Crippen molar-refractivity contribution in [3.8, 4) is 5.75 Å². The number of benzene rings is 2. The van der Waals surface area contributed by atoms with Crippen molar-refractivity contribution >= 4 is 22.2 Å². The summed E-state index contributed by atoms with van der Waals surface area (Å²) in [5, 5.41) is 3.27. The normalized spacial score (nSPS) is 16.7. The van der Waals surface area contributed by atoms with Crippen molar-refractivity contribution in [3.05, 3.63) is 70.7 Å². The molecule has 2 fully saturated rings. The monoisotopic (exact) mass is 478 g/mol. The molecule has 2 aromatic carbocycles. The van der Waals surface area contributed by atoms with E-state index in [4.69, 9.17) is 14.5 Å². The molecule has 0 N–H and O–H groups in total. The van der Waals surface area contributed by atoms with Crippen LogP contribution in [0.3, 0.4) is 0 Å². The first-order valence-electron chi connectivity index (χ1n) is 12.2. The Hall–Kier alpha value is -2.61. The lowest BCUT2D eigenvalue weighted by Crippen LogP contribution is -2.35. The van der Waals surface area contributed by atoms with Gasteiger partial charge in [-0.15, -0.1) is 11.3 Å². The Morgan fingerprint density at radius 2 is 1.74 bits per heavy atom. The third-order valence-corrected chi connectivity index (χ3v) is 7.54. The molecule has 6 nitrogen and oxygen atoms in total. The summed E-state index contributed by atoms with van der Waals surface area (Å²) in [6, 6.07) is 17.4. The molecular weight excluding hydrogens is 444 g/mol. The molecule has 2 saturated heterocycles. The maximum Gasteiger partial charge on any atom is 0.186 e. The maximum atomic E-state index is 5.49. The zero-order valence-electron chi connectivity index (χ0n) is 20.0. The van der Waals surface area contributed by atoms with Crippen LogP contribution in [0.4, 0.5) is 10.8 Å². The summed E-state index contributed by atoms with van der Waals surface area (Å²) in [6.07, 6.45) is 2.60. The highest BCUT2D eigenvalue weighted by atomic mass is 32.1. The molecule has 0 spiro atoms. The lowest BCUT2D eigenvalue weighted by Gasteiger charge is -2.26. The molecular formula is C27H34N4O2S.